The number of carbonyl (C=O) groups excluding carboxylic acids is 2. The number of piperidine rings is 1. The van der Waals surface area contributed by atoms with Gasteiger partial charge in [-0.25, -0.2) is 4.79 Å². The molecule has 1 N–H and O–H groups in total. The van der Waals surface area contributed by atoms with Gasteiger partial charge in [0.2, 0.25) is 5.91 Å². The van der Waals surface area contributed by atoms with Crippen molar-refractivity contribution in [3.63, 3.8) is 0 Å². The normalized spacial score (nSPS) is 20.9. The molecule has 1 atom stereocenters. The summed E-state index contributed by atoms with van der Waals surface area (Å²) in [5.74, 6) is 0.276. The molecule has 0 radical (unpaired) electrons. The second-order valence-corrected chi connectivity index (χ2v) is 7.36. The fourth-order valence-electron chi connectivity index (χ4n) is 4.19. The van der Waals surface area contributed by atoms with Crippen molar-refractivity contribution in [1.82, 2.24) is 15.1 Å². The van der Waals surface area contributed by atoms with E-state index < -0.39 is 0 Å². The van der Waals surface area contributed by atoms with Crippen LogP contribution in [0.25, 0.3) is 0 Å². The first-order valence-electron chi connectivity index (χ1n) is 10.2. The standard InChI is InChI=1S/C21H31N3O3/c1-2-27-21(26)23-14-11-19(12-15-23)24-18(8-9-20(24)25)10-13-22-16-17-6-4-3-5-7-17/h3-7,18-19,22H,2,8-16H2,1H3/t18-/m0/s1. The highest BCUT2D eigenvalue weighted by molar-refractivity contribution is 5.79. The number of amides is 2. The minimum atomic E-state index is -0.231. The smallest absolute Gasteiger partial charge is 0.409 e. The van der Waals surface area contributed by atoms with Crippen LogP contribution in [0.3, 0.4) is 0 Å². The first-order valence-corrected chi connectivity index (χ1v) is 10.2. The van der Waals surface area contributed by atoms with Gasteiger partial charge in [0.1, 0.15) is 0 Å². The number of likely N-dealkylation sites (tertiary alicyclic amines) is 2. The van der Waals surface area contributed by atoms with Crippen LogP contribution < -0.4 is 5.32 Å². The van der Waals surface area contributed by atoms with Crippen LogP contribution in [0, 0.1) is 0 Å². The highest BCUT2D eigenvalue weighted by Crippen LogP contribution is 2.28. The second-order valence-electron chi connectivity index (χ2n) is 7.36. The molecule has 0 aromatic heterocycles. The molecule has 6 heteroatoms. The van der Waals surface area contributed by atoms with Gasteiger partial charge in [0.25, 0.3) is 0 Å². The molecule has 0 unspecified atom stereocenters. The Hall–Kier alpha value is -2.08. The number of nitrogens with one attached hydrogen (secondary N) is 1. The molecular formula is C21H31N3O3. The summed E-state index contributed by atoms with van der Waals surface area (Å²) in [5.41, 5.74) is 1.28. The number of nitrogens with zero attached hydrogens (tertiary/aromatic N) is 2. The Kier molecular flexibility index (Phi) is 7.10. The Morgan fingerprint density at radius 3 is 2.63 bits per heavy atom. The summed E-state index contributed by atoms with van der Waals surface area (Å²) < 4.78 is 5.08. The van der Waals surface area contributed by atoms with Gasteiger partial charge in [-0.1, -0.05) is 30.3 Å². The van der Waals surface area contributed by atoms with E-state index in [9.17, 15) is 9.59 Å². The molecule has 2 aliphatic rings. The zero-order chi connectivity index (χ0) is 19.1. The minimum Gasteiger partial charge on any atom is -0.450 e. The van der Waals surface area contributed by atoms with Gasteiger partial charge < -0.3 is 19.9 Å². The molecule has 2 amide bonds. The van der Waals surface area contributed by atoms with Gasteiger partial charge in [-0.2, -0.15) is 0 Å². The van der Waals surface area contributed by atoms with E-state index >= 15 is 0 Å². The van der Waals surface area contributed by atoms with Crippen molar-refractivity contribution >= 4 is 12.0 Å². The maximum absolute atomic E-state index is 12.5. The van der Waals surface area contributed by atoms with Gasteiger partial charge in [-0.05, 0) is 44.7 Å². The monoisotopic (exact) mass is 373 g/mol. The number of hydrogen-bond acceptors (Lipinski definition) is 4. The lowest BCUT2D eigenvalue weighted by Gasteiger charge is -2.39. The highest BCUT2D eigenvalue weighted by Gasteiger charge is 2.37. The summed E-state index contributed by atoms with van der Waals surface area (Å²) >= 11 is 0. The van der Waals surface area contributed by atoms with Crippen molar-refractivity contribution in [2.45, 2.75) is 57.7 Å². The summed E-state index contributed by atoms with van der Waals surface area (Å²) in [6.45, 7) is 5.34. The fourth-order valence-corrected chi connectivity index (χ4v) is 4.19. The van der Waals surface area contributed by atoms with Gasteiger partial charge in [-0.15, -0.1) is 0 Å². The quantitative estimate of drug-likeness (QED) is 0.747. The maximum atomic E-state index is 12.5. The number of carbonyl (C=O) groups is 2. The molecule has 0 saturated carbocycles. The summed E-state index contributed by atoms with van der Waals surface area (Å²) in [7, 11) is 0. The average Bonchev–Trinajstić information content (AvgIpc) is 3.07. The first-order chi connectivity index (χ1) is 13.2. The summed E-state index contributed by atoms with van der Waals surface area (Å²) in [6.07, 6.45) is 4.05. The second kappa shape index (κ2) is 9.74. The molecule has 1 aromatic carbocycles. The number of benzene rings is 1. The third-order valence-electron chi connectivity index (χ3n) is 5.58. The molecule has 2 saturated heterocycles. The minimum absolute atomic E-state index is 0.231. The van der Waals surface area contributed by atoms with E-state index in [1.54, 1.807) is 4.90 Å². The van der Waals surface area contributed by atoms with Gasteiger partial charge in [0.05, 0.1) is 6.61 Å². The lowest BCUT2D eigenvalue weighted by atomic mass is 10.0. The average molecular weight is 373 g/mol. The Morgan fingerprint density at radius 2 is 1.93 bits per heavy atom. The molecular weight excluding hydrogens is 342 g/mol. The highest BCUT2D eigenvalue weighted by atomic mass is 16.6. The van der Waals surface area contributed by atoms with E-state index in [0.717, 1.165) is 38.8 Å². The SMILES string of the molecule is CCOC(=O)N1CCC(N2C(=O)CC[C@H]2CCNCc2ccccc2)CC1. The van der Waals surface area contributed by atoms with Crippen molar-refractivity contribution in [2.75, 3.05) is 26.2 Å². The van der Waals surface area contributed by atoms with Gasteiger partial charge in [0.15, 0.2) is 0 Å². The molecule has 0 spiro atoms. The molecule has 3 rings (SSSR count). The number of rotatable bonds is 7. The van der Waals surface area contributed by atoms with Crippen LogP contribution in [0.4, 0.5) is 4.79 Å². The largest absolute Gasteiger partial charge is 0.450 e. The maximum Gasteiger partial charge on any atom is 0.409 e. The van der Waals surface area contributed by atoms with E-state index in [4.69, 9.17) is 4.74 Å². The van der Waals surface area contributed by atoms with Gasteiger partial charge in [-0.3, -0.25) is 4.79 Å². The first kappa shape index (κ1) is 19.7. The van der Waals surface area contributed by atoms with Crippen molar-refractivity contribution in [1.29, 1.82) is 0 Å². The van der Waals surface area contributed by atoms with E-state index in [-0.39, 0.29) is 18.0 Å². The summed E-state index contributed by atoms with van der Waals surface area (Å²) in [5, 5.41) is 3.50. The zero-order valence-electron chi connectivity index (χ0n) is 16.2. The molecule has 2 heterocycles. The van der Waals surface area contributed by atoms with Crippen LogP contribution in [0.15, 0.2) is 30.3 Å². The number of ether oxygens (including phenoxy) is 1. The van der Waals surface area contributed by atoms with Crippen molar-refractivity contribution in [2.24, 2.45) is 0 Å². The Labute approximate surface area is 161 Å². The summed E-state index contributed by atoms with van der Waals surface area (Å²) in [6, 6.07) is 10.9. The number of hydrogen-bond donors (Lipinski definition) is 1. The zero-order valence-corrected chi connectivity index (χ0v) is 16.2. The Morgan fingerprint density at radius 1 is 1.19 bits per heavy atom. The predicted molar refractivity (Wildman–Crippen MR) is 104 cm³/mol. The topological polar surface area (TPSA) is 61.9 Å². The molecule has 0 aliphatic carbocycles. The van der Waals surface area contributed by atoms with E-state index in [2.05, 4.69) is 34.5 Å². The molecule has 6 nitrogen and oxygen atoms in total. The third kappa shape index (κ3) is 5.22. The lowest BCUT2D eigenvalue weighted by Crippen LogP contribution is -2.50. The third-order valence-corrected chi connectivity index (χ3v) is 5.58. The van der Waals surface area contributed by atoms with Gasteiger partial charge in [0, 0.05) is 38.1 Å². The van der Waals surface area contributed by atoms with Crippen LogP contribution in [-0.4, -0.2) is 60.1 Å². The van der Waals surface area contributed by atoms with Crippen LogP contribution in [0.1, 0.15) is 44.6 Å². The van der Waals surface area contributed by atoms with E-state index in [1.807, 2.05) is 13.0 Å². The summed E-state index contributed by atoms with van der Waals surface area (Å²) in [4.78, 5) is 28.2. The Bertz CT molecular complexity index is 614. The van der Waals surface area contributed by atoms with Crippen molar-refractivity contribution < 1.29 is 14.3 Å². The van der Waals surface area contributed by atoms with E-state index in [0.29, 0.717) is 32.2 Å². The van der Waals surface area contributed by atoms with Crippen LogP contribution in [0.5, 0.6) is 0 Å². The van der Waals surface area contributed by atoms with Crippen molar-refractivity contribution in [3.8, 4) is 0 Å². The van der Waals surface area contributed by atoms with Crippen LogP contribution >= 0.6 is 0 Å². The fraction of sp³-hybridized carbons (Fsp3) is 0.619. The van der Waals surface area contributed by atoms with Gasteiger partial charge >= 0.3 is 6.09 Å². The molecule has 0 bridgehead atoms. The van der Waals surface area contributed by atoms with E-state index in [1.165, 1.54) is 5.56 Å². The molecule has 27 heavy (non-hydrogen) atoms. The van der Waals surface area contributed by atoms with Crippen LogP contribution in [0.2, 0.25) is 0 Å². The molecule has 148 valence electrons. The van der Waals surface area contributed by atoms with Crippen LogP contribution in [-0.2, 0) is 16.1 Å². The van der Waals surface area contributed by atoms with Crippen molar-refractivity contribution in [3.05, 3.63) is 35.9 Å². The predicted octanol–water partition coefficient (Wildman–Crippen LogP) is 2.78. The Balaban J connectivity index is 1.45. The molecule has 1 aromatic rings. The molecule has 2 aliphatic heterocycles. The lowest BCUT2D eigenvalue weighted by molar-refractivity contribution is -0.132. The molecule has 2 fully saturated rings.